The van der Waals surface area contributed by atoms with Crippen LogP contribution in [0.5, 0.6) is 0 Å². The van der Waals surface area contributed by atoms with Crippen molar-refractivity contribution in [2.24, 2.45) is 15.7 Å². The van der Waals surface area contributed by atoms with Gasteiger partial charge in [0.1, 0.15) is 5.82 Å². The van der Waals surface area contributed by atoms with E-state index in [-0.39, 0.29) is 0 Å². The van der Waals surface area contributed by atoms with Crippen molar-refractivity contribution in [1.29, 1.82) is 0 Å². The minimum Gasteiger partial charge on any atom is -0.770 e. The normalized spacial score (nSPS) is 17.8. The molecule has 1 saturated heterocycles. The fraction of sp³-hybridized carbons (Fsp3) is 0.222. The van der Waals surface area contributed by atoms with Gasteiger partial charge in [-0.3, -0.25) is 4.79 Å². The Morgan fingerprint density at radius 2 is 1.84 bits per heavy atom. The lowest BCUT2D eigenvalue weighted by atomic mass is 10.0. The van der Waals surface area contributed by atoms with Crippen molar-refractivity contribution in [3.8, 4) is 0 Å². The van der Waals surface area contributed by atoms with Crippen molar-refractivity contribution in [2.75, 3.05) is 36.5 Å². The van der Waals surface area contributed by atoms with Crippen LogP contribution in [0, 0.1) is 6.92 Å². The summed E-state index contributed by atoms with van der Waals surface area (Å²) in [6.07, 6.45) is -1.23. The van der Waals surface area contributed by atoms with Crippen LogP contribution in [-0.4, -0.2) is 61.0 Å². The first-order valence-electron chi connectivity index (χ1n) is 11.9. The Bertz CT molecular complexity index is 1380. The van der Waals surface area contributed by atoms with Crippen LogP contribution in [0.4, 0.5) is 11.5 Å². The molecule has 37 heavy (non-hydrogen) atoms. The Kier molecular flexibility index (Phi) is 6.91. The van der Waals surface area contributed by atoms with Crippen LogP contribution in [0.3, 0.4) is 0 Å². The van der Waals surface area contributed by atoms with Gasteiger partial charge in [0.15, 0.2) is 0 Å². The van der Waals surface area contributed by atoms with Crippen LogP contribution in [0.2, 0.25) is 0 Å². The van der Waals surface area contributed by atoms with E-state index in [1.54, 1.807) is 18.2 Å². The number of hydrogen-bond acceptors (Lipinski definition) is 7. The molecule has 1 fully saturated rings. The second-order valence-electron chi connectivity index (χ2n) is 8.55. The minimum absolute atomic E-state index is 0.358. The lowest BCUT2D eigenvalue weighted by Gasteiger charge is -2.30. The van der Waals surface area contributed by atoms with Gasteiger partial charge < -0.3 is 30.8 Å². The average Bonchev–Trinajstić information content (AvgIpc) is 3.05. The van der Waals surface area contributed by atoms with Crippen LogP contribution >= 0.6 is 0 Å². The summed E-state index contributed by atoms with van der Waals surface area (Å²) in [5, 5.41) is 13.7. The number of nitrogens with zero attached hydrogens (tertiary/aromatic N) is 5. The molecule has 0 saturated carbocycles. The van der Waals surface area contributed by atoms with Gasteiger partial charge in [-0.1, -0.05) is 48.5 Å². The fourth-order valence-electron chi connectivity index (χ4n) is 4.19. The molecule has 0 bridgehead atoms. The number of aliphatic imine (C=N–C) groups is 2. The number of pyridine rings is 1. The molecule has 2 aliphatic rings. The summed E-state index contributed by atoms with van der Waals surface area (Å²) >= 11 is 0. The van der Waals surface area contributed by atoms with Crippen LogP contribution in [0.15, 0.2) is 76.7 Å². The number of aromatic nitrogens is 1. The van der Waals surface area contributed by atoms with Crippen LogP contribution in [-0.2, 0) is 14.3 Å². The molecule has 3 heterocycles. The lowest BCUT2D eigenvalue weighted by Crippen LogP contribution is -2.38. The number of ether oxygens (including phenoxy) is 2. The van der Waals surface area contributed by atoms with Gasteiger partial charge in [0.25, 0.3) is 11.9 Å². The third-order valence-corrected chi connectivity index (χ3v) is 5.98. The molecule has 1 aromatic heterocycles. The van der Waals surface area contributed by atoms with Gasteiger partial charge in [-0.2, -0.15) is 4.99 Å². The van der Waals surface area contributed by atoms with E-state index >= 15 is 0 Å². The zero-order valence-electron chi connectivity index (χ0n) is 20.3. The number of rotatable bonds is 4. The Hall–Kier alpha value is -4.57. The molecule has 10 heteroatoms. The summed E-state index contributed by atoms with van der Waals surface area (Å²) in [6, 6.07) is 19.9. The third-order valence-electron chi connectivity index (χ3n) is 5.98. The molecule has 3 N–H and O–H groups in total. The molecule has 188 valence electrons. The van der Waals surface area contributed by atoms with Gasteiger partial charge in [0.05, 0.1) is 24.6 Å². The van der Waals surface area contributed by atoms with Crippen LogP contribution in [0.1, 0.15) is 22.4 Å². The fourth-order valence-corrected chi connectivity index (χ4v) is 4.19. The van der Waals surface area contributed by atoms with Gasteiger partial charge in [-0.25, -0.2) is 9.98 Å². The maximum Gasteiger partial charge on any atom is 0.288 e. The van der Waals surface area contributed by atoms with E-state index in [1.165, 1.54) is 0 Å². The second kappa shape index (κ2) is 10.6. The summed E-state index contributed by atoms with van der Waals surface area (Å²) in [6.45, 7) is 4.23. The maximum absolute atomic E-state index is 13.0. The van der Waals surface area contributed by atoms with Gasteiger partial charge in [-0.15, -0.1) is 0 Å². The highest BCUT2D eigenvalue weighted by Gasteiger charge is 2.26. The van der Waals surface area contributed by atoms with Crippen molar-refractivity contribution in [1.82, 2.24) is 4.98 Å². The number of carbonyl (C=O) groups is 1. The van der Waals surface area contributed by atoms with E-state index in [4.69, 9.17) is 15.2 Å². The van der Waals surface area contributed by atoms with Crippen molar-refractivity contribution >= 4 is 35.0 Å². The van der Waals surface area contributed by atoms with E-state index < -0.39 is 24.0 Å². The van der Waals surface area contributed by atoms with E-state index in [0.29, 0.717) is 49.1 Å². The highest BCUT2D eigenvalue weighted by atomic mass is 16.5. The number of benzodiazepines with no additional fused rings is 1. The van der Waals surface area contributed by atoms with Gasteiger partial charge in [0.2, 0.25) is 6.17 Å². The molecule has 2 aliphatic heterocycles. The molecule has 5 rings (SSSR count). The Morgan fingerprint density at radius 1 is 1.11 bits per heavy atom. The summed E-state index contributed by atoms with van der Waals surface area (Å²) in [5.74, 6) is -0.393. The zero-order chi connectivity index (χ0) is 25.8. The summed E-state index contributed by atoms with van der Waals surface area (Å²) in [7, 11) is 0. The Morgan fingerprint density at radius 3 is 2.62 bits per heavy atom. The number of para-hydroxylation sites is 1. The predicted octanol–water partition coefficient (Wildman–Crippen LogP) is 2.69. The highest BCUT2D eigenvalue weighted by Crippen LogP contribution is 2.25. The monoisotopic (exact) mass is 496 g/mol. The first-order chi connectivity index (χ1) is 18.0. The molecule has 0 aliphatic carbocycles. The van der Waals surface area contributed by atoms with E-state index in [1.807, 2.05) is 60.4 Å². The van der Waals surface area contributed by atoms with Crippen molar-refractivity contribution in [3.05, 3.63) is 94.5 Å². The molecule has 0 spiro atoms. The molecular formula is C27H26N7O3-. The number of nitrogens with two attached hydrogens (primary N) is 1. The summed E-state index contributed by atoms with van der Waals surface area (Å²) in [4.78, 5) is 28.4. The van der Waals surface area contributed by atoms with Gasteiger partial charge >= 0.3 is 0 Å². The number of aryl methyl sites for hydroxylation is 1. The van der Waals surface area contributed by atoms with Crippen molar-refractivity contribution in [2.45, 2.75) is 13.1 Å². The maximum atomic E-state index is 13.0. The van der Waals surface area contributed by atoms with Crippen molar-refractivity contribution in [3.63, 3.8) is 0 Å². The first kappa shape index (κ1) is 24.1. The number of anilines is 2. The number of carbonyl (C=O) groups excluding carboxylic acids is 1. The van der Waals surface area contributed by atoms with Gasteiger partial charge in [0, 0.05) is 41.4 Å². The standard InChI is InChI=1S/C27H26N7O3/c1-17-11-12-20(25(30-17)34-13-15-36-16-14-34)23(28)37-27(29)33-24-26(35)31-21-10-6-5-9-19(21)22(32-24)18-7-3-2-4-8-18/h2-12,24H,13-16H2,1H3,(H2,29,33)(H,31,35)/q-1/t24-/m1/s1. The molecule has 1 amide bonds. The Balaban J connectivity index is 1.44. The highest BCUT2D eigenvalue weighted by molar-refractivity contribution is 6.19. The third kappa shape index (κ3) is 5.34. The average molecular weight is 497 g/mol. The topological polar surface area (TPSA) is 137 Å². The number of fused-ring (bicyclic) bond motifs is 1. The van der Waals surface area contributed by atoms with Gasteiger partial charge in [-0.05, 0) is 25.1 Å². The lowest BCUT2D eigenvalue weighted by molar-refractivity contribution is -0.117. The van der Waals surface area contributed by atoms with Crippen LogP contribution < -0.4 is 16.0 Å². The number of nitrogens with one attached hydrogen (secondary N) is 1. The van der Waals surface area contributed by atoms with E-state index in [2.05, 4.69) is 20.3 Å². The minimum atomic E-state index is -1.23. The van der Waals surface area contributed by atoms with Crippen LogP contribution in [0.25, 0.3) is 5.41 Å². The molecule has 0 unspecified atom stereocenters. The molecular weight excluding hydrogens is 470 g/mol. The zero-order valence-corrected chi connectivity index (χ0v) is 20.3. The van der Waals surface area contributed by atoms with E-state index in [0.717, 1.165) is 16.8 Å². The largest absolute Gasteiger partial charge is 0.770 e. The molecule has 1 atom stereocenters. The molecule has 2 aromatic carbocycles. The number of morpholine rings is 1. The van der Waals surface area contributed by atoms with Crippen molar-refractivity contribution < 1.29 is 14.3 Å². The summed E-state index contributed by atoms with van der Waals surface area (Å²) < 4.78 is 10.9. The number of amides is 1. The molecule has 10 nitrogen and oxygen atoms in total. The molecule has 3 aromatic rings. The summed E-state index contributed by atoms with van der Waals surface area (Å²) in [5.41, 5.74) is 9.97. The SMILES string of the molecule is Cc1ccc(C(=[N-])O/C(N)=N/[C@H]2N=C(c3ccccc3)c3ccccc3NC2=O)c(N2CCOCC2)n1. The number of amidine groups is 1. The Labute approximate surface area is 214 Å². The van der Waals surface area contributed by atoms with E-state index in [9.17, 15) is 10.2 Å². The number of hydrogen-bond donors (Lipinski definition) is 2. The number of benzene rings is 2. The molecule has 0 radical (unpaired) electrons. The smallest absolute Gasteiger partial charge is 0.288 e. The second-order valence-corrected chi connectivity index (χ2v) is 8.55. The quantitative estimate of drug-likeness (QED) is 0.421. The first-order valence-corrected chi connectivity index (χ1v) is 11.9. The predicted molar refractivity (Wildman–Crippen MR) is 143 cm³/mol.